The summed E-state index contributed by atoms with van der Waals surface area (Å²) in [5.41, 5.74) is 2.06. The summed E-state index contributed by atoms with van der Waals surface area (Å²) in [7, 11) is 0. The summed E-state index contributed by atoms with van der Waals surface area (Å²) in [5, 5.41) is 0.602. The predicted octanol–water partition coefficient (Wildman–Crippen LogP) is 4.12. The van der Waals surface area contributed by atoms with Gasteiger partial charge in [0.1, 0.15) is 12.6 Å². The second-order valence-electron chi connectivity index (χ2n) is 9.08. The van der Waals surface area contributed by atoms with Crippen LogP contribution in [0.3, 0.4) is 0 Å². The first-order valence-corrected chi connectivity index (χ1v) is 12.0. The van der Waals surface area contributed by atoms with Gasteiger partial charge in [-0.05, 0) is 36.8 Å². The van der Waals surface area contributed by atoms with Crippen molar-refractivity contribution in [2.24, 2.45) is 0 Å². The summed E-state index contributed by atoms with van der Waals surface area (Å²) in [4.78, 5) is 44.8. The van der Waals surface area contributed by atoms with E-state index in [-0.39, 0.29) is 11.9 Å². The van der Waals surface area contributed by atoms with Gasteiger partial charge in [0, 0.05) is 67.5 Å². The summed E-state index contributed by atoms with van der Waals surface area (Å²) in [6.07, 6.45) is 3.02. The van der Waals surface area contributed by atoms with E-state index in [4.69, 9.17) is 0 Å². The third-order valence-corrected chi connectivity index (χ3v) is 6.67. The zero-order valence-corrected chi connectivity index (χ0v) is 20.4. The first-order chi connectivity index (χ1) is 18.2. The van der Waals surface area contributed by atoms with Crippen LogP contribution in [0.1, 0.15) is 22.8 Å². The highest BCUT2D eigenvalue weighted by Crippen LogP contribution is 2.33. The van der Waals surface area contributed by atoms with E-state index in [1.165, 1.54) is 18.7 Å². The van der Waals surface area contributed by atoms with Crippen LogP contribution in [0.25, 0.3) is 33.3 Å². The number of amides is 1. The number of aldehydes is 1. The molecule has 4 heterocycles. The lowest BCUT2D eigenvalue weighted by Crippen LogP contribution is -2.51. The molecule has 3 aromatic heterocycles. The Morgan fingerprint density at radius 3 is 2.39 bits per heavy atom. The van der Waals surface area contributed by atoms with Gasteiger partial charge in [-0.1, -0.05) is 6.07 Å². The quantitative estimate of drug-likeness (QED) is 0.366. The molecule has 0 aliphatic carbocycles. The molecule has 11 heteroatoms. The Hall–Kier alpha value is -4.25. The Morgan fingerprint density at radius 2 is 1.66 bits per heavy atom. The second-order valence-corrected chi connectivity index (χ2v) is 9.08. The van der Waals surface area contributed by atoms with Gasteiger partial charge in [0.05, 0.1) is 28.4 Å². The van der Waals surface area contributed by atoms with Crippen LogP contribution >= 0.6 is 0 Å². The summed E-state index contributed by atoms with van der Waals surface area (Å²) < 4.78 is 39.6. The summed E-state index contributed by atoms with van der Waals surface area (Å²) in [5.74, 6) is -0.174. The molecular formula is C27H23F3N6O2. The molecule has 0 spiro atoms. The van der Waals surface area contributed by atoms with Gasteiger partial charge in [-0.2, -0.15) is 13.2 Å². The summed E-state index contributed by atoms with van der Waals surface area (Å²) in [6.45, 7) is 4.02. The maximum Gasteiger partial charge on any atom is 0.417 e. The molecule has 1 aromatic carbocycles. The largest absolute Gasteiger partial charge is 0.417 e. The fourth-order valence-corrected chi connectivity index (χ4v) is 4.51. The van der Waals surface area contributed by atoms with Crippen molar-refractivity contribution >= 4 is 23.1 Å². The van der Waals surface area contributed by atoms with E-state index < -0.39 is 11.7 Å². The molecule has 1 saturated heterocycles. The smallest absolute Gasteiger partial charge is 0.336 e. The zero-order valence-electron chi connectivity index (χ0n) is 20.4. The molecule has 8 nitrogen and oxygen atoms in total. The molecule has 0 N–H and O–H groups in total. The van der Waals surface area contributed by atoms with E-state index >= 15 is 0 Å². The molecule has 1 unspecified atom stereocenters. The number of benzene rings is 1. The number of nitrogens with zero attached hydrogens (tertiary/aromatic N) is 6. The maximum atomic E-state index is 13.2. The van der Waals surface area contributed by atoms with Crippen LogP contribution in [-0.4, -0.2) is 74.1 Å². The van der Waals surface area contributed by atoms with Crippen LogP contribution in [0.2, 0.25) is 0 Å². The van der Waals surface area contributed by atoms with Gasteiger partial charge < -0.3 is 9.69 Å². The van der Waals surface area contributed by atoms with Gasteiger partial charge in [0.25, 0.3) is 5.91 Å². The first-order valence-electron chi connectivity index (χ1n) is 12.0. The molecule has 0 saturated carbocycles. The average Bonchev–Trinajstić information content (AvgIpc) is 2.95. The zero-order chi connectivity index (χ0) is 26.9. The molecule has 1 amide bonds. The van der Waals surface area contributed by atoms with E-state index in [0.717, 1.165) is 18.5 Å². The molecule has 1 fully saturated rings. The van der Waals surface area contributed by atoms with Crippen molar-refractivity contribution in [1.29, 1.82) is 0 Å². The van der Waals surface area contributed by atoms with Crippen LogP contribution < -0.4 is 0 Å². The Labute approximate surface area is 216 Å². The van der Waals surface area contributed by atoms with E-state index in [1.54, 1.807) is 35.4 Å². The number of rotatable bonds is 5. The van der Waals surface area contributed by atoms with Crippen molar-refractivity contribution in [3.8, 4) is 22.4 Å². The Morgan fingerprint density at radius 1 is 0.921 bits per heavy atom. The third-order valence-electron chi connectivity index (χ3n) is 6.67. The van der Waals surface area contributed by atoms with Crippen LogP contribution in [-0.2, 0) is 11.0 Å². The number of hydrogen-bond donors (Lipinski definition) is 0. The number of pyridine rings is 2. The minimum absolute atomic E-state index is 0.174. The Balaban J connectivity index is 1.46. The molecule has 194 valence electrons. The lowest BCUT2D eigenvalue weighted by molar-refractivity contribution is -0.137. The number of aromatic nitrogens is 4. The van der Waals surface area contributed by atoms with Crippen molar-refractivity contribution in [3.63, 3.8) is 0 Å². The lowest BCUT2D eigenvalue weighted by atomic mass is 10.0. The maximum absolute atomic E-state index is 13.2. The van der Waals surface area contributed by atoms with Gasteiger partial charge in [-0.25, -0.2) is 9.97 Å². The third kappa shape index (κ3) is 5.10. The second kappa shape index (κ2) is 10.3. The molecule has 1 aliphatic heterocycles. The van der Waals surface area contributed by atoms with Crippen LogP contribution in [0, 0.1) is 0 Å². The monoisotopic (exact) mass is 520 g/mol. The fourth-order valence-electron chi connectivity index (χ4n) is 4.51. The van der Waals surface area contributed by atoms with Crippen LogP contribution in [0.4, 0.5) is 13.2 Å². The molecule has 0 radical (unpaired) electrons. The first kappa shape index (κ1) is 25.4. The SMILES string of the molecule is CC(C=O)N1CCN(C(=O)c2cncc(-c3ncnc4ccc(-c5cncc(C(F)(F)F)c5)cc34)c2)CC1. The minimum atomic E-state index is -4.51. The normalized spacial score (nSPS) is 15.4. The van der Waals surface area contributed by atoms with Crippen molar-refractivity contribution in [2.45, 2.75) is 19.1 Å². The highest BCUT2D eigenvalue weighted by molar-refractivity contribution is 5.98. The van der Waals surface area contributed by atoms with Crippen molar-refractivity contribution in [3.05, 3.63) is 72.6 Å². The van der Waals surface area contributed by atoms with Gasteiger partial charge in [0.2, 0.25) is 0 Å². The number of fused-ring (bicyclic) bond motifs is 1. The number of halogens is 3. The number of alkyl halides is 3. The van der Waals surface area contributed by atoms with Gasteiger partial charge in [0.15, 0.2) is 0 Å². The van der Waals surface area contributed by atoms with Gasteiger partial charge in [-0.15, -0.1) is 0 Å². The van der Waals surface area contributed by atoms with E-state index in [2.05, 4.69) is 19.9 Å². The predicted molar refractivity (Wildman–Crippen MR) is 134 cm³/mol. The van der Waals surface area contributed by atoms with Crippen LogP contribution in [0.15, 0.2) is 61.4 Å². The van der Waals surface area contributed by atoms with Crippen molar-refractivity contribution < 1.29 is 22.8 Å². The van der Waals surface area contributed by atoms with Gasteiger partial charge >= 0.3 is 6.18 Å². The molecule has 0 bridgehead atoms. The molecule has 1 aliphatic rings. The Bertz CT molecular complexity index is 1500. The summed E-state index contributed by atoms with van der Waals surface area (Å²) >= 11 is 0. The van der Waals surface area contributed by atoms with Gasteiger partial charge in [-0.3, -0.25) is 19.7 Å². The van der Waals surface area contributed by atoms with E-state index in [1.807, 2.05) is 11.8 Å². The molecule has 4 aromatic rings. The van der Waals surface area contributed by atoms with Crippen LogP contribution in [0.5, 0.6) is 0 Å². The number of hydrogen-bond acceptors (Lipinski definition) is 7. The van der Waals surface area contributed by atoms with E-state index in [0.29, 0.717) is 65.0 Å². The topological polar surface area (TPSA) is 92.2 Å². The van der Waals surface area contributed by atoms with Crippen molar-refractivity contribution in [1.82, 2.24) is 29.7 Å². The fraction of sp³-hybridized carbons (Fsp3) is 0.259. The molecular weight excluding hydrogens is 497 g/mol. The number of carbonyl (C=O) groups is 2. The Kier molecular flexibility index (Phi) is 6.85. The number of carbonyl (C=O) groups excluding carboxylic acids is 2. The minimum Gasteiger partial charge on any atom is -0.336 e. The summed E-state index contributed by atoms with van der Waals surface area (Å²) in [6, 6.07) is 7.66. The standard InChI is InChI=1S/C27H23F3N6O2/c1-17(15-37)35-4-6-36(7-5-35)26(38)21-8-20(12-31-13-21)25-23-10-18(2-3-24(23)33-16-34-25)19-9-22(14-32-11-19)27(28,29)30/h2-3,8-17H,4-7H2,1H3. The molecule has 5 rings (SSSR count). The average molecular weight is 521 g/mol. The molecule has 38 heavy (non-hydrogen) atoms. The number of piperazine rings is 1. The lowest BCUT2D eigenvalue weighted by Gasteiger charge is -2.36. The highest BCUT2D eigenvalue weighted by atomic mass is 19.4. The highest BCUT2D eigenvalue weighted by Gasteiger charge is 2.31. The van der Waals surface area contributed by atoms with Crippen molar-refractivity contribution in [2.75, 3.05) is 26.2 Å². The van der Waals surface area contributed by atoms with E-state index in [9.17, 15) is 22.8 Å². The molecule has 1 atom stereocenters.